The van der Waals surface area contributed by atoms with Crippen LogP contribution in [-0.2, 0) is 14.3 Å². The lowest BCUT2D eigenvalue weighted by Gasteiger charge is -2.41. The molecule has 0 saturated carbocycles. The van der Waals surface area contributed by atoms with Gasteiger partial charge in [-0.1, -0.05) is 19.9 Å². The minimum Gasteiger partial charge on any atom is -0.468 e. The zero-order valence-electron chi connectivity index (χ0n) is 11.7. The van der Waals surface area contributed by atoms with Crippen LogP contribution in [0.15, 0.2) is 12.7 Å². The molecule has 1 rings (SSSR count). The molecular weight excluding hydrogens is 230 g/mol. The van der Waals surface area contributed by atoms with Crippen LogP contribution in [0.3, 0.4) is 0 Å². The summed E-state index contributed by atoms with van der Waals surface area (Å²) in [5, 5.41) is 3.31. The molecule has 4 heteroatoms. The summed E-state index contributed by atoms with van der Waals surface area (Å²) in [6.45, 7) is 8.72. The van der Waals surface area contributed by atoms with Crippen molar-refractivity contribution in [2.45, 2.75) is 57.2 Å². The maximum atomic E-state index is 11.5. The van der Waals surface area contributed by atoms with E-state index in [9.17, 15) is 4.79 Å². The Morgan fingerprint density at radius 3 is 2.78 bits per heavy atom. The number of methoxy groups -OCH3 is 1. The van der Waals surface area contributed by atoms with Crippen LogP contribution in [0.5, 0.6) is 0 Å². The molecule has 0 bridgehead atoms. The molecule has 1 aliphatic rings. The third-order valence-corrected chi connectivity index (χ3v) is 3.89. The molecule has 18 heavy (non-hydrogen) atoms. The van der Waals surface area contributed by atoms with Gasteiger partial charge in [0.1, 0.15) is 6.04 Å². The molecule has 1 aliphatic heterocycles. The summed E-state index contributed by atoms with van der Waals surface area (Å²) in [7, 11) is 1.40. The van der Waals surface area contributed by atoms with E-state index in [0.29, 0.717) is 0 Å². The largest absolute Gasteiger partial charge is 0.468 e. The van der Waals surface area contributed by atoms with Gasteiger partial charge in [-0.2, -0.15) is 0 Å². The number of esters is 1. The van der Waals surface area contributed by atoms with Crippen molar-refractivity contribution >= 4 is 5.97 Å². The van der Waals surface area contributed by atoms with Gasteiger partial charge < -0.3 is 9.47 Å². The van der Waals surface area contributed by atoms with Gasteiger partial charge in [0, 0.05) is 12.6 Å². The van der Waals surface area contributed by atoms with E-state index in [2.05, 4.69) is 25.7 Å². The average Bonchev–Trinajstić information content (AvgIpc) is 2.44. The van der Waals surface area contributed by atoms with E-state index >= 15 is 0 Å². The molecule has 0 aromatic heterocycles. The molecule has 2 atom stereocenters. The smallest absolute Gasteiger partial charge is 0.326 e. The number of carbonyl (C=O) groups excluding carboxylic acids is 1. The maximum Gasteiger partial charge on any atom is 0.326 e. The van der Waals surface area contributed by atoms with Crippen LogP contribution >= 0.6 is 0 Å². The Bertz CT molecular complexity index is 287. The summed E-state index contributed by atoms with van der Waals surface area (Å²) in [5.74, 6) is -0.282. The zero-order valence-corrected chi connectivity index (χ0v) is 11.7. The number of nitrogens with one attached hydrogen (secondary N) is 1. The van der Waals surface area contributed by atoms with Gasteiger partial charge in [-0.05, 0) is 25.7 Å². The van der Waals surface area contributed by atoms with Crippen LogP contribution in [0.1, 0.15) is 39.5 Å². The molecule has 1 heterocycles. The van der Waals surface area contributed by atoms with E-state index in [1.165, 1.54) is 7.11 Å². The Balaban J connectivity index is 2.61. The van der Waals surface area contributed by atoms with Gasteiger partial charge in [0.2, 0.25) is 0 Å². The highest BCUT2D eigenvalue weighted by Gasteiger charge is 2.35. The highest BCUT2D eigenvalue weighted by Crippen LogP contribution is 2.31. The summed E-state index contributed by atoms with van der Waals surface area (Å²) < 4.78 is 10.7. The molecule has 1 saturated heterocycles. The predicted molar refractivity (Wildman–Crippen MR) is 71.4 cm³/mol. The van der Waals surface area contributed by atoms with Crippen molar-refractivity contribution in [3.8, 4) is 0 Å². The molecule has 4 nitrogen and oxygen atoms in total. The quantitative estimate of drug-likeness (QED) is 0.583. The van der Waals surface area contributed by atoms with Crippen molar-refractivity contribution in [2.75, 3.05) is 13.7 Å². The van der Waals surface area contributed by atoms with Gasteiger partial charge in [-0.3, -0.25) is 10.1 Å². The molecule has 1 N–H and O–H groups in total. The molecule has 104 valence electrons. The molecule has 0 radical (unpaired) electrons. The first-order valence-electron chi connectivity index (χ1n) is 6.71. The minimum atomic E-state index is -0.426. The summed E-state index contributed by atoms with van der Waals surface area (Å²) in [5.41, 5.74) is -0.0439. The Kier molecular flexibility index (Phi) is 5.82. The van der Waals surface area contributed by atoms with Gasteiger partial charge in [0.05, 0.1) is 12.7 Å². The zero-order chi connectivity index (χ0) is 13.6. The maximum absolute atomic E-state index is 11.5. The average molecular weight is 255 g/mol. The monoisotopic (exact) mass is 255 g/mol. The van der Waals surface area contributed by atoms with Gasteiger partial charge >= 0.3 is 5.97 Å². The second kappa shape index (κ2) is 6.90. The molecule has 0 aromatic rings. The first-order chi connectivity index (χ1) is 8.60. The Labute approximate surface area is 110 Å². The number of ether oxygens (including phenoxy) is 2. The van der Waals surface area contributed by atoms with Gasteiger partial charge in [0.15, 0.2) is 0 Å². The SMILES string of the molecule is C=CC(NC1CCOC(CC)(CC)C1)C(=O)OC. The fourth-order valence-corrected chi connectivity index (χ4v) is 2.53. The highest BCUT2D eigenvalue weighted by molar-refractivity contribution is 5.77. The first kappa shape index (κ1) is 15.2. The van der Waals surface area contributed by atoms with E-state index < -0.39 is 6.04 Å². The van der Waals surface area contributed by atoms with Gasteiger partial charge in [0.25, 0.3) is 0 Å². The van der Waals surface area contributed by atoms with E-state index in [4.69, 9.17) is 9.47 Å². The minimum absolute atomic E-state index is 0.0439. The van der Waals surface area contributed by atoms with Crippen LogP contribution in [-0.4, -0.2) is 37.4 Å². The third kappa shape index (κ3) is 3.56. The van der Waals surface area contributed by atoms with Crippen molar-refractivity contribution in [2.24, 2.45) is 0 Å². The fraction of sp³-hybridized carbons (Fsp3) is 0.786. The van der Waals surface area contributed by atoms with Crippen molar-refractivity contribution in [3.05, 3.63) is 12.7 Å². The molecule has 0 amide bonds. The van der Waals surface area contributed by atoms with E-state index in [1.54, 1.807) is 6.08 Å². The van der Waals surface area contributed by atoms with E-state index in [0.717, 1.165) is 32.3 Å². The number of rotatable bonds is 6. The number of hydrogen-bond donors (Lipinski definition) is 1. The van der Waals surface area contributed by atoms with Crippen molar-refractivity contribution in [1.82, 2.24) is 5.32 Å². The summed E-state index contributed by atoms with van der Waals surface area (Å²) in [6, 6.07) is -0.148. The van der Waals surface area contributed by atoms with E-state index in [-0.39, 0.29) is 17.6 Å². The lowest BCUT2D eigenvalue weighted by Crippen LogP contribution is -2.50. The lowest BCUT2D eigenvalue weighted by atomic mass is 9.85. The Morgan fingerprint density at radius 1 is 1.61 bits per heavy atom. The molecule has 0 spiro atoms. The Morgan fingerprint density at radius 2 is 2.28 bits per heavy atom. The summed E-state index contributed by atoms with van der Waals surface area (Å²) in [6.07, 6.45) is 5.45. The van der Waals surface area contributed by atoms with E-state index in [1.807, 2.05) is 0 Å². The highest BCUT2D eigenvalue weighted by atomic mass is 16.5. The predicted octanol–water partition coefficient (Wildman–Crippen LogP) is 2.04. The molecule has 0 aromatic carbocycles. The fourth-order valence-electron chi connectivity index (χ4n) is 2.53. The second-order valence-corrected chi connectivity index (χ2v) is 4.83. The first-order valence-corrected chi connectivity index (χ1v) is 6.71. The summed E-state index contributed by atoms with van der Waals surface area (Å²) >= 11 is 0. The standard InChI is InChI=1S/C14H25NO3/c1-5-12(13(16)17-4)15-11-8-9-18-14(6-2,7-3)10-11/h5,11-12,15H,1,6-10H2,2-4H3. The number of carbonyl (C=O) groups is 1. The third-order valence-electron chi connectivity index (χ3n) is 3.89. The van der Waals surface area contributed by atoms with Crippen molar-refractivity contribution in [1.29, 1.82) is 0 Å². The number of hydrogen-bond acceptors (Lipinski definition) is 4. The normalized spacial score (nSPS) is 24.3. The van der Waals surface area contributed by atoms with Crippen LogP contribution < -0.4 is 5.32 Å². The van der Waals surface area contributed by atoms with Crippen LogP contribution in [0, 0.1) is 0 Å². The molecule has 0 aliphatic carbocycles. The van der Waals surface area contributed by atoms with Gasteiger partial charge in [-0.25, -0.2) is 0 Å². The van der Waals surface area contributed by atoms with Gasteiger partial charge in [-0.15, -0.1) is 6.58 Å². The topological polar surface area (TPSA) is 47.6 Å². The van der Waals surface area contributed by atoms with Crippen molar-refractivity contribution in [3.63, 3.8) is 0 Å². The molecular formula is C14H25NO3. The second-order valence-electron chi connectivity index (χ2n) is 4.83. The lowest BCUT2D eigenvalue weighted by molar-refractivity contribution is -0.143. The van der Waals surface area contributed by atoms with Crippen LogP contribution in [0.2, 0.25) is 0 Å². The molecule has 1 fully saturated rings. The van der Waals surface area contributed by atoms with Crippen molar-refractivity contribution < 1.29 is 14.3 Å². The van der Waals surface area contributed by atoms with Crippen LogP contribution in [0.4, 0.5) is 0 Å². The molecule has 2 unspecified atom stereocenters. The summed E-state index contributed by atoms with van der Waals surface area (Å²) in [4.78, 5) is 11.5. The Hall–Kier alpha value is -0.870. The van der Waals surface area contributed by atoms with Crippen LogP contribution in [0.25, 0.3) is 0 Å².